The smallest absolute Gasteiger partial charge is 0.346 e. The van der Waals surface area contributed by atoms with Gasteiger partial charge in [0.1, 0.15) is 10.8 Å². The van der Waals surface area contributed by atoms with Crippen LogP contribution in [0, 0.1) is 0 Å². The van der Waals surface area contributed by atoms with Crippen molar-refractivity contribution >= 4 is 29.2 Å². The van der Waals surface area contributed by atoms with Gasteiger partial charge in [0.2, 0.25) is 0 Å². The van der Waals surface area contributed by atoms with Gasteiger partial charge in [-0.05, 0) is 31.2 Å². The highest BCUT2D eigenvalue weighted by atomic mass is 35.5. The molecule has 0 bridgehead atoms. The fraction of sp³-hybridized carbons (Fsp3) is 0.188. The Morgan fingerprint density at radius 2 is 1.64 bits per heavy atom. The molecule has 22 heavy (non-hydrogen) atoms. The molecular weight excluding hydrogens is 327 g/mol. The third-order valence-corrected chi connectivity index (χ3v) is 3.62. The second kappa shape index (κ2) is 7.38. The summed E-state index contributed by atoms with van der Waals surface area (Å²) in [6.07, 6.45) is -0.760. The number of hydrogen-bond acceptors (Lipinski definition) is 4. The number of carbonyl (C=O) groups excluding carboxylic acids is 1. The summed E-state index contributed by atoms with van der Waals surface area (Å²) in [5.74, 6) is 0.741. The van der Waals surface area contributed by atoms with E-state index in [0.29, 0.717) is 27.3 Å². The highest BCUT2D eigenvalue weighted by Crippen LogP contribution is 2.38. The summed E-state index contributed by atoms with van der Waals surface area (Å²) in [6.45, 7) is 1.59. The second-order valence-corrected chi connectivity index (χ2v) is 5.17. The van der Waals surface area contributed by atoms with Gasteiger partial charge in [0, 0.05) is 0 Å². The van der Waals surface area contributed by atoms with Gasteiger partial charge >= 0.3 is 5.97 Å². The van der Waals surface area contributed by atoms with E-state index >= 15 is 0 Å². The highest BCUT2D eigenvalue weighted by Gasteiger charge is 2.18. The molecule has 2 aromatic carbocycles. The Morgan fingerprint density at radius 3 is 2.32 bits per heavy atom. The molecule has 0 heterocycles. The summed E-state index contributed by atoms with van der Waals surface area (Å²) in [6, 6.07) is 12.0. The minimum absolute atomic E-state index is 0.306. The van der Waals surface area contributed by atoms with Gasteiger partial charge in [-0.2, -0.15) is 0 Å². The van der Waals surface area contributed by atoms with Crippen molar-refractivity contribution in [3.05, 3.63) is 52.5 Å². The van der Waals surface area contributed by atoms with Crippen LogP contribution in [0.1, 0.15) is 6.92 Å². The summed E-state index contributed by atoms with van der Waals surface area (Å²) in [7, 11) is 1.30. The molecule has 0 fully saturated rings. The molecule has 0 aliphatic heterocycles. The number of halogens is 2. The van der Waals surface area contributed by atoms with E-state index in [1.54, 1.807) is 49.4 Å². The number of esters is 1. The van der Waals surface area contributed by atoms with Crippen LogP contribution in [0.2, 0.25) is 10.0 Å². The van der Waals surface area contributed by atoms with E-state index in [9.17, 15) is 4.79 Å². The van der Waals surface area contributed by atoms with Crippen molar-refractivity contribution in [2.75, 3.05) is 7.11 Å². The lowest BCUT2D eigenvalue weighted by molar-refractivity contribution is -0.147. The first kappa shape index (κ1) is 16.5. The van der Waals surface area contributed by atoms with E-state index < -0.39 is 12.1 Å². The lowest BCUT2D eigenvalue weighted by atomic mass is 10.3. The number of methoxy groups -OCH3 is 1. The number of benzene rings is 2. The van der Waals surface area contributed by atoms with Crippen LogP contribution in [0.4, 0.5) is 0 Å². The van der Waals surface area contributed by atoms with Gasteiger partial charge in [-0.1, -0.05) is 41.4 Å². The number of hydrogen-bond donors (Lipinski definition) is 0. The van der Waals surface area contributed by atoms with Crippen molar-refractivity contribution in [3.8, 4) is 17.2 Å². The molecule has 0 amide bonds. The molecule has 0 saturated heterocycles. The van der Waals surface area contributed by atoms with Gasteiger partial charge in [0.05, 0.1) is 12.1 Å². The first-order chi connectivity index (χ1) is 10.5. The van der Waals surface area contributed by atoms with Gasteiger partial charge in [-0.15, -0.1) is 0 Å². The van der Waals surface area contributed by atoms with E-state index in [4.69, 9.17) is 32.7 Å². The monoisotopic (exact) mass is 340 g/mol. The van der Waals surface area contributed by atoms with Crippen molar-refractivity contribution in [1.82, 2.24) is 0 Å². The maximum atomic E-state index is 11.5. The lowest BCUT2D eigenvalue weighted by Gasteiger charge is -2.16. The van der Waals surface area contributed by atoms with Crippen LogP contribution in [0.5, 0.6) is 17.2 Å². The van der Waals surface area contributed by atoms with Crippen LogP contribution in [0.3, 0.4) is 0 Å². The van der Waals surface area contributed by atoms with Gasteiger partial charge in [-0.3, -0.25) is 0 Å². The average molecular weight is 341 g/mol. The molecule has 0 saturated carbocycles. The summed E-state index contributed by atoms with van der Waals surface area (Å²) in [5.41, 5.74) is 0. The number of para-hydroxylation sites is 2. The van der Waals surface area contributed by atoms with Gasteiger partial charge < -0.3 is 14.2 Å². The third kappa shape index (κ3) is 3.84. The molecule has 0 radical (unpaired) electrons. The molecule has 2 rings (SSSR count). The molecule has 0 aliphatic carbocycles. The standard InChI is InChI=1S/C16H14Cl2O4/c1-10(16(19)20-2)21-12-7-3-4-8-13(12)22-14-9-5-6-11(17)15(14)18/h3-10H,1-2H3. The SMILES string of the molecule is COC(=O)C(C)Oc1ccccc1Oc1cccc(Cl)c1Cl. The largest absolute Gasteiger partial charge is 0.475 e. The first-order valence-electron chi connectivity index (χ1n) is 6.48. The topological polar surface area (TPSA) is 44.8 Å². The van der Waals surface area contributed by atoms with Crippen molar-refractivity contribution in [2.24, 2.45) is 0 Å². The number of carbonyl (C=O) groups is 1. The van der Waals surface area contributed by atoms with Crippen LogP contribution in [-0.2, 0) is 9.53 Å². The highest BCUT2D eigenvalue weighted by molar-refractivity contribution is 6.42. The number of rotatable bonds is 5. The number of ether oxygens (including phenoxy) is 3. The maximum Gasteiger partial charge on any atom is 0.346 e. The molecule has 2 aromatic rings. The fourth-order valence-electron chi connectivity index (χ4n) is 1.72. The van der Waals surface area contributed by atoms with E-state index in [1.807, 2.05) is 0 Å². The summed E-state index contributed by atoms with van der Waals surface area (Å²) in [4.78, 5) is 11.5. The Bertz CT molecular complexity index is 673. The van der Waals surface area contributed by atoms with E-state index in [1.165, 1.54) is 7.11 Å². The van der Waals surface area contributed by atoms with Gasteiger partial charge in [-0.25, -0.2) is 4.79 Å². The van der Waals surface area contributed by atoms with Crippen LogP contribution in [0.25, 0.3) is 0 Å². The Hall–Kier alpha value is -1.91. The zero-order chi connectivity index (χ0) is 16.1. The molecule has 6 heteroatoms. The zero-order valence-electron chi connectivity index (χ0n) is 12.0. The molecular formula is C16H14Cl2O4. The van der Waals surface area contributed by atoms with E-state index in [0.717, 1.165) is 0 Å². The van der Waals surface area contributed by atoms with E-state index in [2.05, 4.69) is 4.74 Å². The van der Waals surface area contributed by atoms with Crippen LogP contribution >= 0.6 is 23.2 Å². The normalized spacial score (nSPS) is 11.6. The van der Waals surface area contributed by atoms with Crippen LogP contribution in [-0.4, -0.2) is 19.2 Å². The third-order valence-electron chi connectivity index (χ3n) is 2.82. The summed E-state index contributed by atoms with van der Waals surface area (Å²) in [5, 5.41) is 0.695. The van der Waals surface area contributed by atoms with E-state index in [-0.39, 0.29) is 0 Å². The van der Waals surface area contributed by atoms with Crippen molar-refractivity contribution in [1.29, 1.82) is 0 Å². The first-order valence-corrected chi connectivity index (χ1v) is 7.24. The second-order valence-electron chi connectivity index (χ2n) is 4.38. The predicted molar refractivity (Wildman–Crippen MR) is 85.1 cm³/mol. The van der Waals surface area contributed by atoms with Crippen molar-refractivity contribution in [2.45, 2.75) is 13.0 Å². The summed E-state index contributed by atoms with van der Waals surface area (Å²) < 4.78 is 15.9. The molecule has 1 atom stereocenters. The lowest BCUT2D eigenvalue weighted by Crippen LogP contribution is -2.25. The summed E-state index contributed by atoms with van der Waals surface area (Å²) >= 11 is 12.1. The zero-order valence-corrected chi connectivity index (χ0v) is 13.5. The molecule has 0 N–H and O–H groups in total. The Balaban J connectivity index is 2.25. The minimum atomic E-state index is -0.760. The molecule has 0 aromatic heterocycles. The maximum absolute atomic E-state index is 11.5. The molecule has 4 nitrogen and oxygen atoms in total. The van der Waals surface area contributed by atoms with Crippen molar-refractivity contribution in [3.63, 3.8) is 0 Å². The fourth-order valence-corrected chi connectivity index (χ4v) is 2.05. The van der Waals surface area contributed by atoms with Crippen LogP contribution in [0.15, 0.2) is 42.5 Å². The molecule has 0 spiro atoms. The van der Waals surface area contributed by atoms with Gasteiger partial charge in [0.15, 0.2) is 17.6 Å². The van der Waals surface area contributed by atoms with Crippen molar-refractivity contribution < 1.29 is 19.0 Å². The average Bonchev–Trinajstić information content (AvgIpc) is 2.52. The minimum Gasteiger partial charge on any atom is -0.475 e. The molecule has 1 unspecified atom stereocenters. The van der Waals surface area contributed by atoms with Crippen LogP contribution < -0.4 is 9.47 Å². The quantitative estimate of drug-likeness (QED) is 0.738. The Morgan fingerprint density at radius 1 is 1.00 bits per heavy atom. The Labute approximate surface area is 138 Å². The molecule has 0 aliphatic rings. The van der Waals surface area contributed by atoms with Gasteiger partial charge in [0.25, 0.3) is 0 Å². The molecule has 116 valence electrons. The predicted octanol–water partition coefficient (Wildman–Crippen LogP) is 4.73. The Kier molecular flexibility index (Phi) is 5.52.